The lowest BCUT2D eigenvalue weighted by atomic mass is 9.92. The zero-order valence-electron chi connectivity index (χ0n) is 30.5. The molecule has 0 radical (unpaired) electrons. The highest BCUT2D eigenvalue weighted by molar-refractivity contribution is 6.39. The van der Waals surface area contributed by atoms with Crippen molar-refractivity contribution in [1.29, 1.82) is 0 Å². The predicted molar refractivity (Wildman–Crippen MR) is 238 cm³/mol. The Morgan fingerprint density at radius 1 is 0.304 bits per heavy atom. The fraction of sp³-hybridized carbons (Fsp3) is 0. The topological polar surface area (TPSA) is 8.17 Å². The Morgan fingerprint density at radius 3 is 1.57 bits per heavy atom. The van der Waals surface area contributed by atoms with Crippen molar-refractivity contribution in [1.82, 2.24) is 4.57 Å². The predicted octanol–water partition coefficient (Wildman–Crippen LogP) is 15.0. The minimum absolute atomic E-state index is 1.11. The van der Waals surface area contributed by atoms with Gasteiger partial charge >= 0.3 is 0 Å². The fourth-order valence-electron chi connectivity index (χ4n) is 9.52. The molecule has 1 heterocycles. The molecule has 0 aliphatic heterocycles. The summed E-state index contributed by atoms with van der Waals surface area (Å²) in [5.41, 5.74) is 14.6. The van der Waals surface area contributed by atoms with Gasteiger partial charge < -0.3 is 9.47 Å². The van der Waals surface area contributed by atoms with Gasteiger partial charge in [-0.05, 0) is 127 Å². The first-order valence-corrected chi connectivity index (χ1v) is 19.4. The van der Waals surface area contributed by atoms with Gasteiger partial charge in [0.15, 0.2) is 0 Å². The summed E-state index contributed by atoms with van der Waals surface area (Å²) >= 11 is 0. The summed E-state index contributed by atoms with van der Waals surface area (Å²) in [6.45, 7) is 0. The second-order valence-electron chi connectivity index (χ2n) is 14.8. The van der Waals surface area contributed by atoms with E-state index < -0.39 is 0 Å². The first-order chi connectivity index (χ1) is 27.8. The van der Waals surface area contributed by atoms with Gasteiger partial charge in [-0.3, -0.25) is 0 Å². The van der Waals surface area contributed by atoms with Gasteiger partial charge in [-0.2, -0.15) is 0 Å². The molecule has 56 heavy (non-hydrogen) atoms. The van der Waals surface area contributed by atoms with Crippen LogP contribution < -0.4 is 4.90 Å². The van der Waals surface area contributed by atoms with Crippen LogP contribution in [0.25, 0.3) is 93.2 Å². The number of fused-ring (bicyclic) bond motifs is 3. The number of anilines is 3. The number of rotatable bonds is 6. The van der Waals surface area contributed by atoms with Gasteiger partial charge in [-0.25, -0.2) is 0 Å². The van der Waals surface area contributed by atoms with Gasteiger partial charge in [-0.1, -0.05) is 140 Å². The third-order valence-corrected chi connectivity index (χ3v) is 11.9. The van der Waals surface area contributed by atoms with E-state index in [1.165, 1.54) is 87.5 Å². The van der Waals surface area contributed by atoms with Crippen molar-refractivity contribution in [2.45, 2.75) is 0 Å². The molecule has 12 rings (SSSR count). The van der Waals surface area contributed by atoms with Crippen molar-refractivity contribution >= 4 is 71.2 Å². The second-order valence-corrected chi connectivity index (χ2v) is 14.8. The minimum Gasteiger partial charge on any atom is -0.311 e. The average Bonchev–Trinajstić information content (AvgIpc) is 3.73. The Morgan fingerprint density at radius 2 is 0.875 bits per heavy atom. The van der Waals surface area contributed by atoms with Crippen LogP contribution in [-0.2, 0) is 0 Å². The largest absolute Gasteiger partial charge is 0.311 e. The molecular weight excluding hydrogens is 677 g/mol. The molecule has 0 amide bonds. The Bertz CT molecular complexity index is 3270. The van der Waals surface area contributed by atoms with E-state index >= 15 is 0 Å². The number of aromatic nitrogens is 1. The van der Waals surface area contributed by atoms with Gasteiger partial charge in [-0.15, -0.1) is 0 Å². The summed E-state index contributed by atoms with van der Waals surface area (Å²) in [4.78, 5) is 2.32. The summed E-state index contributed by atoms with van der Waals surface area (Å²) in [6.07, 6.45) is 0. The third kappa shape index (κ3) is 4.44. The maximum Gasteiger partial charge on any atom is 0.0548 e. The van der Waals surface area contributed by atoms with Gasteiger partial charge in [0, 0.05) is 39.1 Å². The lowest BCUT2D eigenvalue weighted by Crippen LogP contribution is -2.09. The van der Waals surface area contributed by atoms with Crippen molar-refractivity contribution in [3.63, 3.8) is 0 Å². The smallest absolute Gasteiger partial charge is 0.0548 e. The molecule has 0 atom stereocenters. The maximum atomic E-state index is 2.49. The molecule has 2 aliphatic carbocycles. The zero-order valence-corrected chi connectivity index (χ0v) is 30.5. The third-order valence-electron chi connectivity index (χ3n) is 11.9. The molecule has 0 bridgehead atoms. The summed E-state index contributed by atoms with van der Waals surface area (Å²) in [7, 11) is 0. The molecule has 260 valence electrons. The van der Waals surface area contributed by atoms with E-state index in [2.05, 4.69) is 216 Å². The summed E-state index contributed by atoms with van der Waals surface area (Å²) < 4.78 is 2.49. The van der Waals surface area contributed by atoms with Crippen LogP contribution >= 0.6 is 0 Å². The van der Waals surface area contributed by atoms with Crippen molar-refractivity contribution in [2.75, 3.05) is 4.90 Å². The molecule has 2 nitrogen and oxygen atoms in total. The van der Waals surface area contributed by atoms with Crippen LogP contribution in [-0.4, -0.2) is 4.57 Å². The number of nitrogens with zero attached hydrogens (tertiary/aromatic N) is 2. The van der Waals surface area contributed by atoms with Gasteiger partial charge in [0.05, 0.1) is 11.0 Å². The van der Waals surface area contributed by atoms with E-state index in [9.17, 15) is 0 Å². The Hall–Kier alpha value is -7.42. The van der Waals surface area contributed by atoms with Crippen LogP contribution in [0.1, 0.15) is 0 Å². The van der Waals surface area contributed by atoms with E-state index in [0.29, 0.717) is 0 Å². The van der Waals surface area contributed by atoms with E-state index in [1.807, 2.05) is 0 Å². The molecule has 9 aromatic carbocycles. The Kier molecular flexibility index (Phi) is 6.66. The van der Waals surface area contributed by atoms with Crippen molar-refractivity contribution in [3.05, 3.63) is 206 Å². The van der Waals surface area contributed by atoms with Crippen LogP contribution in [0.4, 0.5) is 17.1 Å². The monoisotopic (exact) mass is 710 g/mol. The van der Waals surface area contributed by atoms with Crippen LogP contribution in [0.3, 0.4) is 0 Å². The average molecular weight is 711 g/mol. The molecule has 1 aromatic heterocycles. The highest BCUT2D eigenvalue weighted by Crippen LogP contribution is 2.55. The van der Waals surface area contributed by atoms with Crippen LogP contribution in [0.15, 0.2) is 206 Å². The molecule has 2 aliphatic rings. The molecule has 0 spiro atoms. The van der Waals surface area contributed by atoms with E-state index in [0.717, 1.165) is 22.7 Å². The first-order valence-electron chi connectivity index (χ1n) is 19.4. The second kappa shape index (κ2) is 12.0. The van der Waals surface area contributed by atoms with Gasteiger partial charge in [0.25, 0.3) is 0 Å². The molecule has 0 saturated carbocycles. The summed E-state index contributed by atoms with van der Waals surface area (Å²) in [5, 5.41) is 10.4. The number of benzene rings is 9. The van der Waals surface area contributed by atoms with Gasteiger partial charge in [0.1, 0.15) is 0 Å². The maximum absolute atomic E-state index is 2.49. The molecule has 0 N–H and O–H groups in total. The zero-order chi connectivity index (χ0) is 36.7. The van der Waals surface area contributed by atoms with Crippen LogP contribution in [0, 0.1) is 0 Å². The molecule has 0 unspecified atom stereocenters. The SMILES string of the molecule is c1ccc(-c2ccc3c4c(-c5ccccc5)c5cccc6ccc7c(c8c-4c(ccc8n7-c4ccc(N(c7ccccc7)c7ccccc7)cc4)c3c2)c65)cc1. The molecule has 0 fully saturated rings. The highest BCUT2D eigenvalue weighted by atomic mass is 15.1. The van der Waals surface area contributed by atoms with Crippen molar-refractivity contribution in [2.24, 2.45) is 0 Å². The van der Waals surface area contributed by atoms with Crippen molar-refractivity contribution < 1.29 is 0 Å². The Balaban J connectivity index is 1.17. The number of para-hydroxylation sites is 2. The normalized spacial score (nSPS) is 11.9. The van der Waals surface area contributed by atoms with Gasteiger partial charge in [0.2, 0.25) is 0 Å². The molecular formula is C54H34N2. The van der Waals surface area contributed by atoms with Crippen LogP contribution in [0.2, 0.25) is 0 Å². The number of hydrogen-bond donors (Lipinski definition) is 0. The van der Waals surface area contributed by atoms with E-state index in [-0.39, 0.29) is 0 Å². The highest BCUT2D eigenvalue weighted by Gasteiger charge is 2.29. The lowest BCUT2D eigenvalue weighted by Gasteiger charge is -2.25. The molecule has 0 saturated heterocycles. The molecule has 2 heteroatoms. The van der Waals surface area contributed by atoms with Crippen molar-refractivity contribution in [3.8, 4) is 39.1 Å². The molecule has 10 aromatic rings. The van der Waals surface area contributed by atoms with Crippen LogP contribution in [0.5, 0.6) is 0 Å². The minimum atomic E-state index is 1.11. The number of hydrogen-bond acceptors (Lipinski definition) is 1. The Labute approximate surface area is 324 Å². The van der Waals surface area contributed by atoms with E-state index in [4.69, 9.17) is 0 Å². The lowest BCUT2D eigenvalue weighted by molar-refractivity contribution is 1.17. The standard InChI is InChI=1S/C54H34N2/c1-5-14-35(15-6-1)38-24-30-43-46(34-38)44-31-33-48-54-52(44)51(43)49(36-16-7-2-8-17-36)45-23-13-18-37-25-32-47(53(54)50(37)45)56(48)42-28-26-41(27-29-42)55(39-19-9-3-10-20-39)40-21-11-4-12-22-40/h1-34H. The summed E-state index contributed by atoms with van der Waals surface area (Å²) in [6, 6.07) is 75.5. The first kappa shape index (κ1) is 31.0. The summed E-state index contributed by atoms with van der Waals surface area (Å²) in [5.74, 6) is 0. The fourth-order valence-corrected chi connectivity index (χ4v) is 9.52. The quantitative estimate of drug-likeness (QED) is 0.167. The van der Waals surface area contributed by atoms with E-state index in [1.54, 1.807) is 0 Å².